The highest BCUT2D eigenvalue weighted by molar-refractivity contribution is 7.92. The number of nitro benzene ring substituents is 1. The lowest BCUT2D eigenvalue weighted by molar-refractivity contribution is -0.385. The Morgan fingerprint density at radius 2 is 1.80 bits per heavy atom. The quantitative estimate of drug-likeness (QED) is 0.452. The van der Waals surface area contributed by atoms with Crippen molar-refractivity contribution in [3.8, 4) is 11.5 Å². The summed E-state index contributed by atoms with van der Waals surface area (Å²) in [6.45, 7) is 0. The number of rotatable bonds is 4. The van der Waals surface area contributed by atoms with Crippen molar-refractivity contribution in [3.05, 3.63) is 81.4 Å². The Kier molecular flexibility index (Phi) is 4.80. The third-order valence-electron chi connectivity index (χ3n) is 4.22. The molecule has 9 nitrogen and oxygen atoms in total. The fourth-order valence-corrected chi connectivity index (χ4v) is 4.10. The molecule has 2 N–H and O–H groups in total. The van der Waals surface area contributed by atoms with Crippen molar-refractivity contribution >= 4 is 44.6 Å². The van der Waals surface area contributed by atoms with Crippen LogP contribution in [0.4, 0.5) is 17.1 Å². The number of nitro groups is 1. The molecule has 0 fully saturated rings. The van der Waals surface area contributed by atoms with Crippen LogP contribution < -0.4 is 14.8 Å². The van der Waals surface area contributed by atoms with Gasteiger partial charge in [0.15, 0.2) is 5.75 Å². The molecular formula is C19H12ClN3O6S. The molecule has 1 heterocycles. The minimum atomic E-state index is -4.13. The number of carbonyl (C=O) groups excluding carboxylic acids is 1. The third-order valence-corrected chi connectivity index (χ3v) is 5.84. The minimum absolute atomic E-state index is 0.0861. The van der Waals surface area contributed by atoms with Gasteiger partial charge in [-0.1, -0.05) is 17.7 Å². The predicted octanol–water partition coefficient (Wildman–Crippen LogP) is 4.41. The standard InChI is InChI=1S/C19H12ClN3O6S/c20-11-4-6-18-16(8-11)21-19(24)15-9-12(5-7-17(15)29-18)22-30(27,28)14-3-1-2-13(10-14)23(25)26/h1-10,22H,(H,21,24). The number of amides is 1. The summed E-state index contributed by atoms with van der Waals surface area (Å²) in [5.41, 5.74) is 0.205. The molecule has 1 amide bonds. The van der Waals surface area contributed by atoms with Crippen LogP contribution in [0.2, 0.25) is 5.02 Å². The average Bonchev–Trinajstić information content (AvgIpc) is 2.83. The number of sulfonamides is 1. The van der Waals surface area contributed by atoms with Crippen LogP contribution in [0.25, 0.3) is 0 Å². The molecule has 0 atom stereocenters. The number of anilines is 2. The van der Waals surface area contributed by atoms with Crippen LogP contribution in [0.1, 0.15) is 10.4 Å². The molecule has 0 aromatic heterocycles. The van der Waals surface area contributed by atoms with E-state index in [0.717, 1.165) is 6.07 Å². The average molecular weight is 446 g/mol. The molecule has 0 aliphatic carbocycles. The highest BCUT2D eigenvalue weighted by Gasteiger charge is 2.23. The van der Waals surface area contributed by atoms with Gasteiger partial charge in [0.2, 0.25) is 0 Å². The Labute approximate surface area is 175 Å². The van der Waals surface area contributed by atoms with E-state index in [1.54, 1.807) is 12.1 Å². The number of hydrogen-bond donors (Lipinski definition) is 2. The summed E-state index contributed by atoms with van der Waals surface area (Å²) in [6.07, 6.45) is 0. The molecule has 152 valence electrons. The number of halogens is 1. The lowest BCUT2D eigenvalue weighted by Gasteiger charge is -2.11. The predicted molar refractivity (Wildman–Crippen MR) is 110 cm³/mol. The molecule has 0 saturated carbocycles. The summed E-state index contributed by atoms with van der Waals surface area (Å²) < 4.78 is 33.3. The minimum Gasteiger partial charge on any atom is -0.454 e. The molecule has 4 rings (SSSR count). The van der Waals surface area contributed by atoms with Gasteiger partial charge in [0.25, 0.3) is 21.6 Å². The van der Waals surface area contributed by atoms with E-state index in [0.29, 0.717) is 16.5 Å². The van der Waals surface area contributed by atoms with E-state index in [9.17, 15) is 23.3 Å². The van der Waals surface area contributed by atoms with Crippen LogP contribution in [0.3, 0.4) is 0 Å². The number of fused-ring (bicyclic) bond motifs is 2. The Hall–Kier alpha value is -3.63. The van der Waals surface area contributed by atoms with Gasteiger partial charge in [0.05, 0.1) is 21.1 Å². The van der Waals surface area contributed by atoms with Crippen molar-refractivity contribution in [2.24, 2.45) is 0 Å². The van der Waals surface area contributed by atoms with Gasteiger partial charge in [-0.25, -0.2) is 8.42 Å². The van der Waals surface area contributed by atoms with Gasteiger partial charge >= 0.3 is 0 Å². The maximum absolute atomic E-state index is 12.6. The van der Waals surface area contributed by atoms with E-state index in [2.05, 4.69) is 10.0 Å². The fraction of sp³-hybridized carbons (Fsp3) is 0. The Morgan fingerprint density at radius 1 is 1.03 bits per heavy atom. The summed E-state index contributed by atoms with van der Waals surface area (Å²) >= 11 is 5.95. The number of non-ortho nitro benzene ring substituents is 1. The molecular weight excluding hydrogens is 434 g/mol. The topological polar surface area (TPSA) is 128 Å². The summed E-state index contributed by atoms with van der Waals surface area (Å²) in [7, 11) is -4.13. The van der Waals surface area contributed by atoms with Gasteiger partial charge < -0.3 is 10.1 Å². The van der Waals surface area contributed by atoms with Gasteiger partial charge in [-0.05, 0) is 42.5 Å². The van der Waals surface area contributed by atoms with Gasteiger partial charge in [-0.15, -0.1) is 0 Å². The number of ether oxygens (including phenoxy) is 1. The summed E-state index contributed by atoms with van der Waals surface area (Å²) in [6, 6.07) is 13.6. The first-order valence-electron chi connectivity index (χ1n) is 8.43. The van der Waals surface area contributed by atoms with Crippen LogP contribution >= 0.6 is 11.6 Å². The zero-order valence-electron chi connectivity index (χ0n) is 15.0. The summed E-state index contributed by atoms with van der Waals surface area (Å²) in [5.74, 6) is 0.103. The third kappa shape index (κ3) is 3.78. The van der Waals surface area contributed by atoms with Crippen molar-refractivity contribution in [2.75, 3.05) is 10.0 Å². The molecule has 11 heteroatoms. The zero-order chi connectivity index (χ0) is 21.5. The van der Waals surface area contributed by atoms with Gasteiger partial charge in [-0.2, -0.15) is 0 Å². The SMILES string of the molecule is O=C1Nc2cc(Cl)ccc2Oc2ccc(NS(=O)(=O)c3cccc([N+](=O)[O-])c3)cc21. The molecule has 0 spiro atoms. The van der Waals surface area contributed by atoms with Gasteiger partial charge in [-0.3, -0.25) is 19.6 Å². The Bertz CT molecular complexity index is 1310. The van der Waals surface area contributed by atoms with Crippen molar-refractivity contribution in [1.82, 2.24) is 0 Å². The van der Waals surface area contributed by atoms with Crippen molar-refractivity contribution < 1.29 is 22.9 Å². The lowest BCUT2D eigenvalue weighted by atomic mass is 10.1. The van der Waals surface area contributed by atoms with E-state index in [-0.39, 0.29) is 27.6 Å². The molecule has 0 saturated heterocycles. The number of benzene rings is 3. The first-order chi connectivity index (χ1) is 14.2. The Morgan fingerprint density at radius 3 is 2.57 bits per heavy atom. The molecule has 0 bridgehead atoms. The highest BCUT2D eigenvalue weighted by Crippen LogP contribution is 2.38. The first kappa shape index (κ1) is 19.7. The second-order valence-corrected chi connectivity index (χ2v) is 8.39. The van der Waals surface area contributed by atoms with Gasteiger partial charge in [0.1, 0.15) is 5.75 Å². The number of nitrogens with zero attached hydrogens (tertiary/aromatic N) is 1. The van der Waals surface area contributed by atoms with E-state index >= 15 is 0 Å². The Balaban J connectivity index is 1.66. The summed E-state index contributed by atoms with van der Waals surface area (Å²) in [5, 5.41) is 14.0. The second-order valence-electron chi connectivity index (χ2n) is 6.27. The maximum atomic E-state index is 12.6. The van der Waals surface area contributed by atoms with Crippen LogP contribution in [-0.4, -0.2) is 19.2 Å². The van der Waals surface area contributed by atoms with Crippen LogP contribution in [0, 0.1) is 10.1 Å². The van der Waals surface area contributed by atoms with Crippen LogP contribution in [0.15, 0.2) is 65.6 Å². The van der Waals surface area contributed by atoms with E-state index in [1.165, 1.54) is 42.5 Å². The second kappa shape index (κ2) is 7.32. The summed E-state index contributed by atoms with van der Waals surface area (Å²) in [4.78, 5) is 22.5. The fourth-order valence-electron chi connectivity index (χ4n) is 2.84. The van der Waals surface area contributed by atoms with Crippen LogP contribution in [0.5, 0.6) is 11.5 Å². The zero-order valence-corrected chi connectivity index (χ0v) is 16.5. The van der Waals surface area contributed by atoms with Crippen LogP contribution in [-0.2, 0) is 10.0 Å². The normalized spacial score (nSPS) is 12.6. The molecule has 0 unspecified atom stereocenters. The van der Waals surface area contributed by atoms with E-state index in [1.807, 2.05) is 0 Å². The lowest BCUT2D eigenvalue weighted by Crippen LogP contribution is -2.15. The largest absolute Gasteiger partial charge is 0.454 e. The molecule has 1 aliphatic heterocycles. The molecule has 1 aliphatic rings. The molecule has 3 aromatic rings. The van der Waals surface area contributed by atoms with Crippen molar-refractivity contribution in [1.29, 1.82) is 0 Å². The molecule has 30 heavy (non-hydrogen) atoms. The maximum Gasteiger partial charge on any atom is 0.270 e. The first-order valence-corrected chi connectivity index (χ1v) is 10.3. The molecule has 3 aromatic carbocycles. The van der Waals surface area contributed by atoms with E-state index in [4.69, 9.17) is 16.3 Å². The number of nitrogens with one attached hydrogen (secondary N) is 2. The smallest absolute Gasteiger partial charge is 0.270 e. The van der Waals surface area contributed by atoms with Crippen molar-refractivity contribution in [2.45, 2.75) is 4.90 Å². The molecule has 0 radical (unpaired) electrons. The van der Waals surface area contributed by atoms with Gasteiger partial charge in [0, 0.05) is 22.8 Å². The number of hydrogen-bond acceptors (Lipinski definition) is 6. The van der Waals surface area contributed by atoms with E-state index < -0.39 is 20.9 Å². The highest BCUT2D eigenvalue weighted by atomic mass is 35.5. The number of carbonyl (C=O) groups is 1. The monoisotopic (exact) mass is 445 g/mol. The van der Waals surface area contributed by atoms with Crippen molar-refractivity contribution in [3.63, 3.8) is 0 Å².